The SMILES string of the molecule is COc1ccc2c(c1)C(=O)C(Br)(Br)C2=O. The molecule has 0 saturated carbocycles. The van der Waals surface area contributed by atoms with Crippen molar-refractivity contribution >= 4 is 43.4 Å². The Bertz CT molecular complexity index is 466. The van der Waals surface area contributed by atoms with E-state index < -0.39 is 3.23 Å². The van der Waals surface area contributed by atoms with Crippen molar-refractivity contribution in [3.05, 3.63) is 29.3 Å². The summed E-state index contributed by atoms with van der Waals surface area (Å²) in [6, 6.07) is 4.82. The van der Waals surface area contributed by atoms with Crippen LogP contribution in [-0.4, -0.2) is 21.9 Å². The number of alkyl halides is 2. The normalized spacial score (nSPS) is 17.8. The van der Waals surface area contributed by atoms with Crippen LogP contribution in [0.2, 0.25) is 0 Å². The second-order valence-corrected chi connectivity index (χ2v) is 6.59. The molecule has 0 heterocycles. The third kappa shape index (κ3) is 1.45. The van der Waals surface area contributed by atoms with Gasteiger partial charge >= 0.3 is 0 Å². The standard InChI is InChI=1S/C10H6Br2O3/c1-15-5-2-3-6-7(4-5)9(14)10(11,12)8(6)13/h2-4H,1H3. The second kappa shape index (κ2) is 3.42. The molecule has 0 radical (unpaired) electrons. The number of carbonyl (C=O) groups is 2. The molecule has 15 heavy (non-hydrogen) atoms. The van der Waals surface area contributed by atoms with Crippen LogP contribution in [0.4, 0.5) is 0 Å². The fourth-order valence-electron chi connectivity index (χ4n) is 1.48. The zero-order valence-corrected chi connectivity index (χ0v) is 10.9. The van der Waals surface area contributed by atoms with E-state index in [2.05, 4.69) is 31.9 Å². The van der Waals surface area contributed by atoms with Crippen LogP contribution < -0.4 is 4.74 Å². The number of Topliss-reactive ketones (excluding diaryl/α,β-unsaturated/α-hetero) is 2. The molecule has 78 valence electrons. The molecule has 0 saturated heterocycles. The van der Waals surface area contributed by atoms with Gasteiger partial charge in [0.15, 0.2) is 11.6 Å². The molecule has 2 rings (SSSR count). The number of rotatable bonds is 1. The molecule has 0 aromatic heterocycles. The van der Waals surface area contributed by atoms with Crippen molar-refractivity contribution in [1.82, 2.24) is 0 Å². The second-order valence-electron chi connectivity index (χ2n) is 3.14. The van der Waals surface area contributed by atoms with E-state index in [0.717, 1.165) is 0 Å². The van der Waals surface area contributed by atoms with Gasteiger partial charge in [0.2, 0.25) is 3.23 Å². The average molecular weight is 334 g/mol. The Balaban J connectivity index is 2.63. The highest BCUT2D eigenvalue weighted by molar-refractivity contribution is 9.26. The molecule has 1 aliphatic rings. The fourth-order valence-corrected chi connectivity index (χ4v) is 2.33. The van der Waals surface area contributed by atoms with E-state index in [0.29, 0.717) is 16.9 Å². The smallest absolute Gasteiger partial charge is 0.205 e. The van der Waals surface area contributed by atoms with E-state index in [1.807, 2.05) is 0 Å². The predicted octanol–water partition coefficient (Wildman–Crippen LogP) is 2.56. The molecule has 0 atom stereocenters. The van der Waals surface area contributed by atoms with E-state index in [1.165, 1.54) is 7.11 Å². The Morgan fingerprint density at radius 3 is 2.33 bits per heavy atom. The van der Waals surface area contributed by atoms with Gasteiger partial charge in [0.05, 0.1) is 7.11 Å². The number of hydrogen-bond acceptors (Lipinski definition) is 3. The lowest BCUT2D eigenvalue weighted by Crippen LogP contribution is -2.25. The van der Waals surface area contributed by atoms with Crippen molar-refractivity contribution in [2.24, 2.45) is 0 Å². The summed E-state index contributed by atoms with van der Waals surface area (Å²) < 4.78 is 3.70. The Hall–Kier alpha value is -0.680. The zero-order valence-electron chi connectivity index (χ0n) is 7.71. The Morgan fingerprint density at radius 1 is 1.13 bits per heavy atom. The lowest BCUT2D eigenvalue weighted by Gasteiger charge is -2.06. The maximum absolute atomic E-state index is 11.8. The van der Waals surface area contributed by atoms with E-state index in [9.17, 15) is 9.59 Å². The van der Waals surface area contributed by atoms with E-state index in [1.54, 1.807) is 18.2 Å². The lowest BCUT2D eigenvalue weighted by atomic mass is 10.1. The summed E-state index contributed by atoms with van der Waals surface area (Å²) >= 11 is 6.15. The number of ether oxygens (including phenoxy) is 1. The van der Waals surface area contributed by atoms with Gasteiger partial charge in [-0.2, -0.15) is 0 Å². The number of hydrogen-bond donors (Lipinski definition) is 0. The molecule has 0 aliphatic heterocycles. The molecule has 0 spiro atoms. The molecule has 1 aromatic rings. The van der Waals surface area contributed by atoms with Crippen LogP contribution in [0.5, 0.6) is 5.75 Å². The number of benzene rings is 1. The number of carbonyl (C=O) groups excluding carboxylic acids is 2. The van der Waals surface area contributed by atoms with Gasteiger partial charge in [-0.05, 0) is 18.2 Å². The van der Waals surface area contributed by atoms with E-state index in [-0.39, 0.29) is 11.6 Å². The number of methoxy groups -OCH3 is 1. The summed E-state index contributed by atoms with van der Waals surface area (Å²) in [7, 11) is 1.51. The van der Waals surface area contributed by atoms with Crippen LogP contribution >= 0.6 is 31.9 Å². The summed E-state index contributed by atoms with van der Waals surface area (Å²) in [5, 5.41) is 0. The monoisotopic (exact) mass is 332 g/mol. The first-order chi connectivity index (χ1) is 6.98. The Kier molecular flexibility index (Phi) is 2.47. The topological polar surface area (TPSA) is 43.4 Å². The fraction of sp³-hybridized carbons (Fsp3) is 0.200. The van der Waals surface area contributed by atoms with Gasteiger partial charge in [0.25, 0.3) is 0 Å². The minimum absolute atomic E-state index is 0.273. The van der Waals surface area contributed by atoms with Crippen LogP contribution in [0.25, 0.3) is 0 Å². The van der Waals surface area contributed by atoms with Crippen LogP contribution in [-0.2, 0) is 0 Å². The minimum atomic E-state index is -1.30. The number of fused-ring (bicyclic) bond motifs is 1. The molecule has 5 heteroatoms. The summed E-state index contributed by atoms with van der Waals surface area (Å²) in [4.78, 5) is 23.6. The molecule has 0 unspecified atom stereocenters. The average Bonchev–Trinajstić information content (AvgIpc) is 2.40. The lowest BCUT2D eigenvalue weighted by molar-refractivity contribution is 0.0922. The minimum Gasteiger partial charge on any atom is -0.497 e. The first-order valence-electron chi connectivity index (χ1n) is 4.14. The Morgan fingerprint density at radius 2 is 1.73 bits per heavy atom. The molecular formula is C10H6Br2O3. The van der Waals surface area contributed by atoms with Gasteiger partial charge in [0.1, 0.15) is 5.75 Å². The molecule has 1 aromatic carbocycles. The van der Waals surface area contributed by atoms with Crippen molar-refractivity contribution in [1.29, 1.82) is 0 Å². The van der Waals surface area contributed by atoms with Crippen LogP contribution in [0.1, 0.15) is 20.7 Å². The van der Waals surface area contributed by atoms with Crippen molar-refractivity contribution in [2.45, 2.75) is 3.23 Å². The van der Waals surface area contributed by atoms with Crippen molar-refractivity contribution < 1.29 is 14.3 Å². The first kappa shape index (κ1) is 10.8. The Labute approximate surface area is 103 Å². The quantitative estimate of drug-likeness (QED) is 0.586. The highest BCUT2D eigenvalue weighted by Crippen LogP contribution is 2.42. The molecule has 0 N–H and O–H groups in total. The van der Waals surface area contributed by atoms with Gasteiger partial charge in [0, 0.05) is 11.1 Å². The van der Waals surface area contributed by atoms with Crippen LogP contribution in [0, 0.1) is 0 Å². The van der Waals surface area contributed by atoms with Crippen molar-refractivity contribution in [3.8, 4) is 5.75 Å². The first-order valence-corrected chi connectivity index (χ1v) is 5.72. The van der Waals surface area contributed by atoms with Gasteiger partial charge in [-0.3, -0.25) is 9.59 Å². The van der Waals surface area contributed by atoms with E-state index in [4.69, 9.17) is 4.74 Å². The van der Waals surface area contributed by atoms with Crippen molar-refractivity contribution in [2.75, 3.05) is 7.11 Å². The largest absolute Gasteiger partial charge is 0.497 e. The van der Waals surface area contributed by atoms with Gasteiger partial charge in [-0.1, -0.05) is 31.9 Å². The molecule has 0 bridgehead atoms. The summed E-state index contributed by atoms with van der Waals surface area (Å²) in [5.41, 5.74) is 0.794. The van der Waals surface area contributed by atoms with Crippen molar-refractivity contribution in [3.63, 3.8) is 0 Å². The molecule has 0 amide bonds. The summed E-state index contributed by atoms with van der Waals surface area (Å²) in [6.07, 6.45) is 0. The third-order valence-corrected chi connectivity index (χ3v) is 3.73. The molecule has 3 nitrogen and oxygen atoms in total. The van der Waals surface area contributed by atoms with Crippen LogP contribution in [0.3, 0.4) is 0 Å². The maximum Gasteiger partial charge on any atom is 0.205 e. The van der Waals surface area contributed by atoms with Crippen LogP contribution in [0.15, 0.2) is 18.2 Å². The maximum atomic E-state index is 11.8. The summed E-state index contributed by atoms with van der Waals surface area (Å²) in [5.74, 6) is -0.000784. The molecule has 0 fully saturated rings. The summed E-state index contributed by atoms with van der Waals surface area (Å²) in [6.45, 7) is 0. The molecular weight excluding hydrogens is 328 g/mol. The van der Waals surface area contributed by atoms with Gasteiger partial charge < -0.3 is 4.74 Å². The highest BCUT2D eigenvalue weighted by Gasteiger charge is 2.49. The predicted molar refractivity (Wildman–Crippen MR) is 62.2 cm³/mol. The third-order valence-electron chi connectivity index (χ3n) is 2.29. The number of halogens is 2. The van der Waals surface area contributed by atoms with Gasteiger partial charge in [-0.15, -0.1) is 0 Å². The number of ketones is 2. The van der Waals surface area contributed by atoms with E-state index >= 15 is 0 Å². The highest BCUT2D eigenvalue weighted by atomic mass is 79.9. The van der Waals surface area contributed by atoms with Gasteiger partial charge in [-0.25, -0.2) is 0 Å². The molecule has 1 aliphatic carbocycles. The zero-order chi connectivity index (χ0) is 11.2.